The first-order valence-corrected chi connectivity index (χ1v) is 10.8. The van der Waals surface area contributed by atoms with E-state index >= 15 is 0 Å². The predicted molar refractivity (Wildman–Crippen MR) is 120 cm³/mol. The predicted octanol–water partition coefficient (Wildman–Crippen LogP) is 3.28. The van der Waals surface area contributed by atoms with Crippen LogP contribution < -0.4 is 16.0 Å². The first-order valence-electron chi connectivity index (χ1n) is 10.4. The zero-order chi connectivity index (χ0) is 22.7. The Bertz CT molecular complexity index is 1050. The van der Waals surface area contributed by atoms with Crippen molar-refractivity contribution in [2.45, 2.75) is 31.1 Å². The van der Waals surface area contributed by atoms with Gasteiger partial charge in [-0.2, -0.15) is 0 Å². The molecule has 32 heavy (non-hydrogen) atoms. The van der Waals surface area contributed by atoms with Gasteiger partial charge >= 0.3 is 6.03 Å². The van der Waals surface area contributed by atoms with Crippen LogP contribution in [0.4, 0.5) is 16.2 Å². The lowest BCUT2D eigenvalue weighted by Crippen LogP contribution is -2.46. The summed E-state index contributed by atoms with van der Waals surface area (Å²) in [7, 11) is 0. The lowest BCUT2D eigenvalue weighted by molar-refractivity contribution is -0.126. The molecule has 2 aromatic rings. The molecule has 2 aromatic carbocycles. The van der Waals surface area contributed by atoms with E-state index in [2.05, 4.69) is 16.0 Å². The molecule has 1 aliphatic carbocycles. The molecule has 1 saturated carbocycles. The Balaban J connectivity index is 1.33. The van der Waals surface area contributed by atoms with E-state index in [0.717, 1.165) is 29.7 Å². The molecule has 3 N–H and O–H groups in total. The summed E-state index contributed by atoms with van der Waals surface area (Å²) in [5.41, 5.74) is 1.53. The molecule has 0 radical (unpaired) electrons. The number of amides is 5. The van der Waals surface area contributed by atoms with Gasteiger partial charge in [-0.3, -0.25) is 19.3 Å². The van der Waals surface area contributed by atoms with Crippen molar-refractivity contribution in [3.63, 3.8) is 0 Å². The molecule has 1 aliphatic heterocycles. The lowest BCUT2D eigenvalue weighted by atomic mass is 9.64. The van der Waals surface area contributed by atoms with Gasteiger partial charge in [0.15, 0.2) is 0 Å². The second-order valence-corrected chi connectivity index (χ2v) is 8.42. The summed E-state index contributed by atoms with van der Waals surface area (Å²) in [4.78, 5) is 49.3. The van der Waals surface area contributed by atoms with E-state index in [1.54, 1.807) is 30.3 Å². The van der Waals surface area contributed by atoms with E-state index in [4.69, 9.17) is 11.6 Å². The number of carbonyl (C=O) groups excluding carboxylic acids is 4. The number of halogens is 1. The zero-order valence-electron chi connectivity index (χ0n) is 17.3. The Morgan fingerprint density at radius 1 is 1.03 bits per heavy atom. The summed E-state index contributed by atoms with van der Waals surface area (Å²) >= 11 is 6.12. The van der Waals surface area contributed by atoms with Gasteiger partial charge in [-0.1, -0.05) is 30.2 Å². The van der Waals surface area contributed by atoms with E-state index in [9.17, 15) is 19.2 Å². The Labute approximate surface area is 190 Å². The monoisotopic (exact) mass is 454 g/mol. The van der Waals surface area contributed by atoms with Crippen LogP contribution in [0.3, 0.4) is 0 Å². The number of urea groups is 1. The summed E-state index contributed by atoms with van der Waals surface area (Å²) in [5.74, 6) is -0.732. The van der Waals surface area contributed by atoms with Crippen molar-refractivity contribution in [2.24, 2.45) is 0 Å². The fourth-order valence-corrected chi connectivity index (χ4v) is 4.16. The van der Waals surface area contributed by atoms with Crippen LogP contribution in [0.25, 0.3) is 0 Å². The number of anilines is 2. The first-order chi connectivity index (χ1) is 15.4. The van der Waals surface area contributed by atoms with E-state index in [0.29, 0.717) is 16.4 Å². The number of nitrogens with one attached hydrogen (secondary N) is 3. The Kier molecular flexibility index (Phi) is 6.14. The second-order valence-electron chi connectivity index (χ2n) is 7.98. The van der Waals surface area contributed by atoms with Crippen molar-refractivity contribution in [2.75, 3.05) is 23.7 Å². The van der Waals surface area contributed by atoms with Crippen LogP contribution in [0.2, 0.25) is 5.02 Å². The second kappa shape index (κ2) is 9.00. The molecule has 0 spiro atoms. The molecular formula is C23H23ClN4O4. The van der Waals surface area contributed by atoms with Crippen LogP contribution in [0.5, 0.6) is 0 Å². The number of carbonyl (C=O) groups is 4. The third kappa shape index (κ3) is 4.45. The van der Waals surface area contributed by atoms with Gasteiger partial charge in [0.25, 0.3) is 0 Å². The fourth-order valence-electron chi connectivity index (χ4n) is 3.97. The molecule has 9 heteroatoms. The van der Waals surface area contributed by atoms with Crippen LogP contribution in [-0.4, -0.2) is 41.7 Å². The number of hydrogen-bond donors (Lipinski definition) is 3. The number of nitrogens with zero attached hydrogens (tertiary/aromatic N) is 1. The minimum Gasteiger partial charge on any atom is -0.329 e. The number of benzene rings is 2. The molecule has 166 valence electrons. The molecule has 5 amide bonds. The Morgan fingerprint density at radius 2 is 1.72 bits per heavy atom. The molecule has 0 aromatic heterocycles. The third-order valence-corrected chi connectivity index (χ3v) is 6.18. The van der Waals surface area contributed by atoms with Crippen LogP contribution in [0.15, 0.2) is 48.5 Å². The first kappa shape index (κ1) is 21.8. The topological polar surface area (TPSA) is 108 Å². The molecular weight excluding hydrogens is 432 g/mol. The molecule has 4 rings (SSSR count). The van der Waals surface area contributed by atoms with Crippen LogP contribution in [0.1, 0.15) is 31.2 Å². The van der Waals surface area contributed by atoms with Gasteiger partial charge in [-0.15, -0.1) is 0 Å². The van der Waals surface area contributed by atoms with Crippen molar-refractivity contribution in [1.82, 2.24) is 10.2 Å². The largest absolute Gasteiger partial charge is 0.329 e. The van der Waals surface area contributed by atoms with Crippen LogP contribution in [0, 0.1) is 0 Å². The SMILES string of the molecule is O=C(CCN1C(=O)CNC1=O)Nc1ccc(NC(=O)C2(c3cccc(Cl)c3)CCC2)cc1. The number of rotatable bonds is 7. The minimum atomic E-state index is -0.572. The van der Waals surface area contributed by atoms with Gasteiger partial charge in [0.05, 0.1) is 12.0 Å². The maximum absolute atomic E-state index is 13.1. The highest BCUT2D eigenvalue weighted by Crippen LogP contribution is 2.45. The zero-order valence-corrected chi connectivity index (χ0v) is 18.1. The highest BCUT2D eigenvalue weighted by atomic mass is 35.5. The fraction of sp³-hybridized carbons (Fsp3) is 0.304. The Morgan fingerprint density at radius 3 is 2.28 bits per heavy atom. The Hall–Kier alpha value is -3.39. The normalized spacial score (nSPS) is 16.8. The summed E-state index contributed by atoms with van der Waals surface area (Å²) < 4.78 is 0. The van der Waals surface area contributed by atoms with Crippen LogP contribution in [-0.2, 0) is 19.8 Å². The van der Waals surface area contributed by atoms with E-state index in [1.165, 1.54) is 0 Å². The average molecular weight is 455 g/mol. The van der Waals surface area contributed by atoms with Crippen molar-refractivity contribution >= 4 is 46.7 Å². The molecule has 0 bridgehead atoms. The molecule has 0 atom stereocenters. The number of hydrogen-bond acceptors (Lipinski definition) is 4. The standard InChI is InChI=1S/C23H23ClN4O4/c24-16-4-1-3-15(13-16)23(10-2-11-23)21(31)27-18-7-5-17(6-8-18)26-19(29)9-12-28-20(30)14-25-22(28)32/h1,3-8,13H,2,9-12,14H2,(H,25,32)(H,26,29)(H,27,31). The summed E-state index contributed by atoms with van der Waals surface area (Å²) in [6, 6.07) is 13.8. The smallest absolute Gasteiger partial charge is 0.324 e. The highest BCUT2D eigenvalue weighted by molar-refractivity contribution is 6.30. The van der Waals surface area contributed by atoms with Gasteiger partial charge in [-0.05, 0) is 54.8 Å². The van der Waals surface area contributed by atoms with Gasteiger partial charge in [0.1, 0.15) is 0 Å². The lowest BCUT2D eigenvalue weighted by Gasteiger charge is -2.40. The molecule has 8 nitrogen and oxygen atoms in total. The van der Waals surface area contributed by atoms with Crippen molar-refractivity contribution in [3.05, 3.63) is 59.1 Å². The maximum atomic E-state index is 13.1. The van der Waals surface area contributed by atoms with Crippen molar-refractivity contribution < 1.29 is 19.2 Å². The number of imide groups is 1. The van der Waals surface area contributed by atoms with Crippen molar-refractivity contribution in [3.8, 4) is 0 Å². The van der Waals surface area contributed by atoms with Gasteiger partial charge in [0.2, 0.25) is 17.7 Å². The summed E-state index contributed by atoms with van der Waals surface area (Å²) in [6.45, 7) is -0.0115. The minimum absolute atomic E-state index is 0.000196. The molecule has 0 unspecified atom stereocenters. The van der Waals surface area contributed by atoms with Crippen molar-refractivity contribution in [1.29, 1.82) is 0 Å². The molecule has 2 aliphatic rings. The van der Waals surface area contributed by atoms with E-state index < -0.39 is 11.4 Å². The molecule has 1 saturated heterocycles. The maximum Gasteiger partial charge on any atom is 0.324 e. The summed E-state index contributed by atoms with van der Waals surface area (Å²) in [5, 5.41) is 8.72. The average Bonchev–Trinajstić information content (AvgIpc) is 3.05. The van der Waals surface area contributed by atoms with E-state index in [1.807, 2.05) is 18.2 Å². The van der Waals surface area contributed by atoms with Crippen LogP contribution >= 0.6 is 11.6 Å². The quantitative estimate of drug-likeness (QED) is 0.558. The van der Waals surface area contributed by atoms with Gasteiger partial charge in [-0.25, -0.2) is 4.79 Å². The molecule has 2 fully saturated rings. The summed E-state index contributed by atoms with van der Waals surface area (Å²) in [6.07, 6.45) is 2.52. The van der Waals surface area contributed by atoms with E-state index in [-0.39, 0.29) is 37.2 Å². The highest BCUT2D eigenvalue weighted by Gasteiger charge is 2.45. The van der Waals surface area contributed by atoms with Gasteiger partial charge in [0, 0.05) is 29.4 Å². The molecule has 1 heterocycles. The third-order valence-electron chi connectivity index (χ3n) is 5.94. The van der Waals surface area contributed by atoms with Gasteiger partial charge < -0.3 is 16.0 Å².